The minimum Gasteiger partial charge on any atom is -0.505 e. The molecule has 0 saturated carbocycles. The van der Waals surface area contributed by atoms with E-state index < -0.39 is 0 Å². The van der Waals surface area contributed by atoms with E-state index in [-0.39, 0.29) is 17.2 Å². The molecule has 0 saturated heterocycles. The molecule has 0 aromatic carbocycles. The maximum absolute atomic E-state index is 11.5. The van der Waals surface area contributed by atoms with Gasteiger partial charge in [-0.3, -0.25) is 9.78 Å². The summed E-state index contributed by atoms with van der Waals surface area (Å²) >= 11 is 0. The van der Waals surface area contributed by atoms with Gasteiger partial charge in [-0.2, -0.15) is 0 Å². The van der Waals surface area contributed by atoms with E-state index in [0.29, 0.717) is 12.5 Å². The zero-order valence-electron chi connectivity index (χ0n) is 9.03. The highest BCUT2D eigenvalue weighted by Gasteiger charge is 2.09. The zero-order valence-corrected chi connectivity index (χ0v) is 9.03. The monoisotopic (exact) mass is 208 g/mol. The molecule has 1 aromatic heterocycles. The average Bonchev–Trinajstić information content (AvgIpc) is 2.17. The minimum atomic E-state index is -0.254. The van der Waals surface area contributed by atoms with E-state index in [1.807, 2.05) is 0 Å². The lowest BCUT2D eigenvalue weighted by atomic mass is 10.1. The van der Waals surface area contributed by atoms with Gasteiger partial charge in [0, 0.05) is 12.7 Å². The number of nitrogens with one attached hydrogen (secondary N) is 1. The first kappa shape index (κ1) is 11.5. The van der Waals surface area contributed by atoms with Crippen LogP contribution in [0.3, 0.4) is 0 Å². The third-order valence-corrected chi connectivity index (χ3v) is 2.05. The molecule has 0 radical (unpaired) electrons. The summed E-state index contributed by atoms with van der Waals surface area (Å²) in [6.07, 6.45) is 3.67. The number of aromatic nitrogens is 1. The van der Waals surface area contributed by atoms with Crippen LogP contribution in [0.4, 0.5) is 0 Å². The van der Waals surface area contributed by atoms with Crippen LogP contribution in [-0.4, -0.2) is 22.5 Å². The first-order valence-corrected chi connectivity index (χ1v) is 5.02. The first-order chi connectivity index (χ1) is 7.11. The third kappa shape index (κ3) is 3.58. The number of nitrogens with zero attached hydrogens (tertiary/aromatic N) is 1. The van der Waals surface area contributed by atoms with Crippen LogP contribution in [-0.2, 0) is 0 Å². The van der Waals surface area contributed by atoms with Crippen molar-refractivity contribution in [3.8, 4) is 5.75 Å². The molecule has 1 amide bonds. The fraction of sp³-hybridized carbons (Fsp3) is 0.455. The zero-order chi connectivity index (χ0) is 11.3. The topological polar surface area (TPSA) is 62.2 Å². The quantitative estimate of drug-likeness (QED) is 0.789. The largest absolute Gasteiger partial charge is 0.505 e. The molecule has 1 heterocycles. The standard InChI is InChI=1S/C11H16N2O2/c1-8(2)3-6-13-11(15)9-4-5-12-7-10(9)14/h4-5,7-8,14H,3,6H2,1-2H3,(H,13,15). The third-order valence-electron chi connectivity index (χ3n) is 2.05. The summed E-state index contributed by atoms with van der Waals surface area (Å²) in [6.45, 7) is 4.81. The molecule has 0 bridgehead atoms. The molecule has 4 heteroatoms. The van der Waals surface area contributed by atoms with Gasteiger partial charge in [0.25, 0.3) is 5.91 Å². The van der Waals surface area contributed by atoms with Crippen LogP contribution in [0, 0.1) is 5.92 Å². The lowest BCUT2D eigenvalue weighted by molar-refractivity contribution is 0.0949. The van der Waals surface area contributed by atoms with E-state index in [1.165, 1.54) is 18.5 Å². The number of hydrogen-bond donors (Lipinski definition) is 2. The molecule has 0 aliphatic rings. The summed E-state index contributed by atoms with van der Waals surface area (Å²) in [5, 5.41) is 12.1. The molecule has 4 nitrogen and oxygen atoms in total. The van der Waals surface area contributed by atoms with E-state index >= 15 is 0 Å². The molecular formula is C11H16N2O2. The van der Waals surface area contributed by atoms with Crippen molar-refractivity contribution in [1.82, 2.24) is 10.3 Å². The van der Waals surface area contributed by atoms with Crippen molar-refractivity contribution in [1.29, 1.82) is 0 Å². The number of rotatable bonds is 4. The molecule has 1 rings (SSSR count). The number of hydrogen-bond acceptors (Lipinski definition) is 3. The second-order valence-corrected chi connectivity index (χ2v) is 3.83. The smallest absolute Gasteiger partial charge is 0.255 e. The SMILES string of the molecule is CC(C)CCNC(=O)c1ccncc1O. The molecular weight excluding hydrogens is 192 g/mol. The molecule has 2 N–H and O–H groups in total. The van der Waals surface area contributed by atoms with Crippen LogP contribution in [0.1, 0.15) is 30.6 Å². The summed E-state index contributed by atoms with van der Waals surface area (Å²) in [7, 11) is 0. The molecule has 0 unspecified atom stereocenters. The molecule has 0 spiro atoms. The Bertz CT molecular complexity index is 337. The highest BCUT2D eigenvalue weighted by atomic mass is 16.3. The van der Waals surface area contributed by atoms with Gasteiger partial charge < -0.3 is 10.4 Å². The summed E-state index contributed by atoms with van der Waals surface area (Å²) in [6, 6.07) is 1.50. The summed E-state index contributed by atoms with van der Waals surface area (Å²) in [5.74, 6) is 0.214. The predicted molar refractivity (Wildman–Crippen MR) is 57.7 cm³/mol. The summed E-state index contributed by atoms with van der Waals surface area (Å²) < 4.78 is 0. The normalized spacial score (nSPS) is 10.3. The van der Waals surface area contributed by atoms with Gasteiger partial charge in [0.2, 0.25) is 0 Å². The van der Waals surface area contributed by atoms with Crippen LogP contribution in [0.5, 0.6) is 5.75 Å². The fourth-order valence-electron chi connectivity index (χ4n) is 1.15. The highest BCUT2D eigenvalue weighted by Crippen LogP contribution is 2.13. The van der Waals surface area contributed by atoms with Crippen LogP contribution in [0.15, 0.2) is 18.5 Å². The van der Waals surface area contributed by atoms with Gasteiger partial charge in [0.1, 0.15) is 5.75 Å². The van der Waals surface area contributed by atoms with Gasteiger partial charge in [0.05, 0.1) is 11.8 Å². The fourth-order valence-corrected chi connectivity index (χ4v) is 1.15. The Kier molecular flexibility index (Phi) is 4.09. The number of amides is 1. The number of aromatic hydroxyl groups is 1. The van der Waals surface area contributed by atoms with Crippen molar-refractivity contribution in [2.45, 2.75) is 20.3 Å². The molecule has 0 fully saturated rings. The van der Waals surface area contributed by atoms with Gasteiger partial charge in [-0.1, -0.05) is 13.8 Å². The predicted octanol–water partition coefficient (Wildman–Crippen LogP) is 1.56. The maximum atomic E-state index is 11.5. The molecule has 0 aliphatic heterocycles. The van der Waals surface area contributed by atoms with E-state index in [9.17, 15) is 9.90 Å². The molecule has 1 aromatic rings. The van der Waals surface area contributed by atoms with Gasteiger partial charge in [-0.15, -0.1) is 0 Å². The molecule has 15 heavy (non-hydrogen) atoms. The van der Waals surface area contributed by atoms with Crippen molar-refractivity contribution >= 4 is 5.91 Å². The Labute approximate surface area is 89.3 Å². The Hall–Kier alpha value is -1.58. The van der Waals surface area contributed by atoms with Crippen LogP contribution >= 0.6 is 0 Å². The number of carbonyl (C=O) groups is 1. The molecule has 0 atom stereocenters. The van der Waals surface area contributed by atoms with Crippen LogP contribution in [0.25, 0.3) is 0 Å². The molecule has 82 valence electrons. The van der Waals surface area contributed by atoms with Gasteiger partial charge in [-0.25, -0.2) is 0 Å². The van der Waals surface area contributed by atoms with Gasteiger partial charge in [0.15, 0.2) is 0 Å². The first-order valence-electron chi connectivity index (χ1n) is 5.02. The Morgan fingerprint density at radius 2 is 2.33 bits per heavy atom. The van der Waals surface area contributed by atoms with Crippen molar-refractivity contribution in [3.05, 3.63) is 24.0 Å². The average molecular weight is 208 g/mol. The van der Waals surface area contributed by atoms with Gasteiger partial charge in [-0.05, 0) is 18.4 Å². The van der Waals surface area contributed by atoms with Gasteiger partial charge >= 0.3 is 0 Å². The summed E-state index contributed by atoms with van der Waals surface area (Å²) in [4.78, 5) is 15.3. The van der Waals surface area contributed by atoms with Crippen molar-refractivity contribution < 1.29 is 9.90 Å². The second-order valence-electron chi connectivity index (χ2n) is 3.83. The Morgan fingerprint density at radius 1 is 1.60 bits per heavy atom. The van der Waals surface area contributed by atoms with Crippen molar-refractivity contribution in [3.63, 3.8) is 0 Å². The van der Waals surface area contributed by atoms with Crippen molar-refractivity contribution in [2.75, 3.05) is 6.54 Å². The molecule has 0 aliphatic carbocycles. The maximum Gasteiger partial charge on any atom is 0.255 e. The number of pyridine rings is 1. The van der Waals surface area contributed by atoms with Crippen LogP contribution in [0.2, 0.25) is 0 Å². The van der Waals surface area contributed by atoms with Crippen LogP contribution < -0.4 is 5.32 Å². The lowest BCUT2D eigenvalue weighted by Gasteiger charge is -2.07. The highest BCUT2D eigenvalue weighted by molar-refractivity contribution is 5.96. The van der Waals surface area contributed by atoms with E-state index in [2.05, 4.69) is 24.1 Å². The van der Waals surface area contributed by atoms with E-state index in [0.717, 1.165) is 6.42 Å². The number of carbonyl (C=O) groups excluding carboxylic acids is 1. The van der Waals surface area contributed by atoms with E-state index in [1.54, 1.807) is 0 Å². The minimum absolute atomic E-state index is 0.0838. The van der Waals surface area contributed by atoms with Crippen molar-refractivity contribution in [2.24, 2.45) is 5.92 Å². The van der Waals surface area contributed by atoms with E-state index in [4.69, 9.17) is 0 Å². The lowest BCUT2D eigenvalue weighted by Crippen LogP contribution is -2.25. The summed E-state index contributed by atoms with van der Waals surface area (Å²) in [5.41, 5.74) is 0.272. The second kappa shape index (κ2) is 5.34. The Morgan fingerprint density at radius 3 is 2.93 bits per heavy atom. The Balaban J connectivity index is 2.51.